The molecule has 2 nitrogen and oxygen atoms in total. The van der Waals surface area contributed by atoms with Gasteiger partial charge >= 0.3 is 0 Å². The second-order valence-corrected chi connectivity index (χ2v) is 18.5. The van der Waals surface area contributed by atoms with Crippen molar-refractivity contribution in [3.63, 3.8) is 0 Å². The highest BCUT2D eigenvalue weighted by Crippen LogP contribution is 2.65. The third-order valence-corrected chi connectivity index (χ3v) is 15.1. The van der Waals surface area contributed by atoms with Crippen LogP contribution in [0.3, 0.4) is 0 Å². The Balaban J connectivity index is 1.01. The molecule has 8 aliphatic rings. The zero-order valence-electron chi connectivity index (χ0n) is 36.4. The lowest BCUT2D eigenvalue weighted by molar-refractivity contribution is 0.357. The average Bonchev–Trinajstić information content (AvgIpc) is 3.83. The maximum atomic E-state index is 2.76. The van der Waals surface area contributed by atoms with Crippen LogP contribution in [0.2, 0.25) is 0 Å². The fourth-order valence-corrected chi connectivity index (χ4v) is 12.3. The summed E-state index contributed by atoms with van der Waals surface area (Å²) >= 11 is 0. The van der Waals surface area contributed by atoms with E-state index in [4.69, 9.17) is 0 Å². The molecule has 4 aromatic carbocycles. The minimum absolute atomic E-state index is 0.248. The average molecular weight is 817 g/mol. The number of benzene rings is 4. The molecule has 2 heteroatoms. The Kier molecular flexibility index (Phi) is 9.77. The zero-order chi connectivity index (χ0) is 41.7. The number of hydrogen-bond acceptors (Lipinski definition) is 2. The van der Waals surface area contributed by atoms with Gasteiger partial charge in [0.2, 0.25) is 0 Å². The molecule has 0 N–H and O–H groups in total. The predicted octanol–water partition coefficient (Wildman–Crippen LogP) is 15.5. The summed E-state index contributed by atoms with van der Waals surface area (Å²) in [5, 5.41) is 0. The molecular formula is C61H56N2. The van der Waals surface area contributed by atoms with Crippen LogP contribution in [0.5, 0.6) is 0 Å². The van der Waals surface area contributed by atoms with Crippen molar-refractivity contribution in [3.05, 3.63) is 238 Å². The summed E-state index contributed by atoms with van der Waals surface area (Å²) in [6.45, 7) is 0. The van der Waals surface area contributed by atoms with Gasteiger partial charge in [-0.3, -0.25) is 0 Å². The molecule has 0 amide bonds. The smallest absolute Gasteiger partial charge is 0.0690 e. The van der Waals surface area contributed by atoms with E-state index in [2.05, 4.69) is 192 Å². The monoisotopic (exact) mass is 816 g/mol. The molecule has 0 fully saturated rings. The second kappa shape index (κ2) is 16.1. The Morgan fingerprint density at radius 2 is 1.24 bits per heavy atom. The van der Waals surface area contributed by atoms with Crippen LogP contribution in [0.15, 0.2) is 210 Å². The van der Waals surface area contributed by atoms with Gasteiger partial charge < -0.3 is 9.80 Å². The first-order chi connectivity index (χ1) is 31.3. The van der Waals surface area contributed by atoms with Crippen molar-refractivity contribution in [2.45, 2.75) is 94.5 Å². The molecule has 0 bridgehead atoms. The van der Waals surface area contributed by atoms with E-state index < -0.39 is 0 Å². The van der Waals surface area contributed by atoms with Gasteiger partial charge in [0.1, 0.15) is 0 Å². The van der Waals surface area contributed by atoms with Crippen LogP contribution in [0.25, 0.3) is 22.3 Å². The fraction of sp³-hybridized carbons (Fsp3) is 0.246. The summed E-state index contributed by atoms with van der Waals surface area (Å²) < 4.78 is 0. The normalized spacial score (nSPS) is 23.9. The molecule has 0 radical (unpaired) electrons. The summed E-state index contributed by atoms with van der Waals surface area (Å²) in [5.74, 6) is 0. The van der Waals surface area contributed by atoms with Gasteiger partial charge in [-0.15, -0.1) is 0 Å². The van der Waals surface area contributed by atoms with Crippen molar-refractivity contribution >= 4 is 22.5 Å². The minimum Gasteiger partial charge on any atom is -0.338 e. The van der Waals surface area contributed by atoms with E-state index in [9.17, 15) is 0 Å². The quantitative estimate of drug-likeness (QED) is 0.163. The van der Waals surface area contributed by atoms with E-state index in [-0.39, 0.29) is 11.5 Å². The van der Waals surface area contributed by atoms with Crippen LogP contribution in [0.1, 0.15) is 105 Å². The van der Waals surface area contributed by atoms with E-state index in [1.54, 1.807) is 5.57 Å². The Morgan fingerprint density at radius 3 is 1.95 bits per heavy atom. The van der Waals surface area contributed by atoms with E-state index in [0.717, 1.165) is 77.0 Å². The highest BCUT2D eigenvalue weighted by molar-refractivity contribution is 5.99. The van der Waals surface area contributed by atoms with E-state index in [1.165, 1.54) is 84.0 Å². The first-order valence-electron chi connectivity index (χ1n) is 23.9. The molecule has 63 heavy (non-hydrogen) atoms. The van der Waals surface area contributed by atoms with Crippen molar-refractivity contribution in [1.82, 2.24) is 4.90 Å². The second-order valence-electron chi connectivity index (χ2n) is 18.5. The number of fused-ring (bicyclic) bond motifs is 9. The van der Waals surface area contributed by atoms with Gasteiger partial charge in [0.05, 0.1) is 11.5 Å². The predicted molar refractivity (Wildman–Crippen MR) is 265 cm³/mol. The molecular weight excluding hydrogens is 761 g/mol. The first kappa shape index (κ1) is 38.3. The van der Waals surface area contributed by atoms with Crippen LogP contribution < -0.4 is 4.90 Å². The molecule has 0 aliphatic heterocycles. The van der Waals surface area contributed by atoms with Gasteiger partial charge in [0.15, 0.2) is 0 Å². The largest absolute Gasteiger partial charge is 0.338 e. The SMILES string of the molecule is C1=CCCC(C2=CCC(N(C3=CC=CCC3)C3=CCCC4=C3c3ccccc3C43c4ccccc4-c4ccc(N(c5ccc(C6=CC=CCC6)cc5)C5CC=CCC5)cc43)C=C2)=C1. The summed E-state index contributed by atoms with van der Waals surface area (Å²) in [6, 6.07) is 36.5. The molecule has 0 aromatic heterocycles. The van der Waals surface area contributed by atoms with Crippen molar-refractivity contribution in [1.29, 1.82) is 0 Å². The Hall–Kier alpha value is -6.38. The maximum absolute atomic E-state index is 2.76. The molecule has 8 aliphatic carbocycles. The summed E-state index contributed by atoms with van der Waals surface area (Å²) in [7, 11) is 0. The third-order valence-electron chi connectivity index (χ3n) is 15.1. The van der Waals surface area contributed by atoms with Crippen LogP contribution in [-0.4, -0.2) is 17.0 Å². The molecule has 0 heterocycles. The maximum Gasteiger partial charge on any atom is 0.0690 e. The standard InChI is InChI=1S/C61H56N2/c1-5-18-43(19-6-1)45-32-36-49(37-33-45)62(47-22-9-3-10-23-47)51-40-41-53-52-26-13-15-28-55(52)61(58(53)42-51)56-29-16-14-27-54(56)60-57(61)30-17-31-59(60)63(48-24-11-4-12-25-48)50-38-34-46(35-39-50)44-20-7-2-8-21-44/h1-5,7,9,11,13-16,18,20,24,26-29,31-38,40-42,47,50H,6,8,10,12,17,19,21-23,25,30,39H2. The molecule has 0 saturated carbocycles. The lowest BCUT2D eigenvalue weighted by Crippen LogP contribution is -2.35. The summed E-state index contributed by atoms with van der Waals surface area (Å²) in [6.07, 6.45) is 48.4. The van der Waals surface area contributed by atoms with Gasteiger partial charge in [-0.25, -0.2) is 0 Å². The topological polar surface area (TPSA) is 6.48 Å². The van der Waals surface area contributed by atoms with E-state index in [1.807, 2.05) is 0 Å². The summed E-state index contributed by atoms with van der Waals surface area (Å²) in [4.78, 5) is 5.44. The minimum atomic E-state index is -0.376. The third kappa shape index (κ3) is 6.36. The fourth-order valence-electron chi connectivity index (χ4n) is 12.3. The number of anilines is 2. The number of hydrogen-bond donors (Lipinski definition) is 0. The van der Waals surface area contributed by atoms with E-state index in [0.29, 0.717) is 6.04 Å². The number of nitrogens with zero attached hydrogens (tertiary/aromatic N) is 2. The van der Waals surface area contributed by atoms with Crippen molar-refractivity contribution in [2.75, 3.05) is 4.90 Å². The highest BCUT2D eigenvalue weighted by Gasteiger charge is 2.54. The first-order valence-corrected chi connectivity index (χ1v) is 23.9. The number of rotatable bonds is 8. The van der Waals surface area contributed by atoms with Crippen LogP contribution in [-0.2, 0) is 5.41 Å². The van der Waals surface area contributed by atoms with Gasteiger partial charge in [0.25, 0.3) is 0 Å². The molecule has 3 unspecified atom stereocenters. The lowest BCUT2D eigenvalue weighted by atomic mass is 9.68. The lowest BCUT2D eigenvalue weighted by Gasteiger charge is -2.40. The molecule has 1 spiro atoms. The van der Waals surface area contributed by atoms with Gasteiger partial charge in [-0.2, -0.15) is 0 Å². The highest BCUT2D eigenvalue weighted by atomic mass is 15.2. The van der Waals surface area contributed by atoms with Crippen molar-refractivity contribution < 1.29 is 0 Å². The van der Waals surface area contributed by atoms with Crippen molar-refractivity contribution in [3.8, 4) is 11.1 Å². The van der Waals surface area contributed by atoms with Crippen LogP contribution >= 0.6 is 0 Å². The van der Waals surface area contributed by atoms with Gasteiger partial charge in [-0.1, -0.05) is 152 Å². The van der Waals surface area contributed by atoms with Crippen LogP contribution in [0.4, 0.5) is 11.4 Å². The molecule has 0 saturated heterocycles. The van der Waals surface area contributed by atoms with E-state index >= 15 is 0 Å². The van der Waals surface area contributed by atoms with Gasteiger partial charge in [-0.05, 0) is 169 Å². The molecule has 310 valence electrons. The Labute approximate surface area is 374 Å². The molecule has 12 rings (SSSR count). The van der Waals surface area contributed by atoms with Gasteiger partial charge in [0, 0.05) is 34.4 Å². The molecule has 4 aromatic rings. The zero-order valence-corrected chi connectivity index (χ0v) is 36.4. The number of allylic oxidation sites excluding steroid dienone is 18. The Bertz CT molecular complexity index is 2860. The van der Waals surface area contributed by atoms with Crippen molar-refractivity contribution in [2.24, 2.45) is 0 Å². The van der Waals surface area contributed by atoms with Crippen LogP contribution in [0, 0.1) is 0 Å². The Morgan fingerprint density at radius 1 is 0.524 bits per heavy atom. The summed E-state index contributed by atoms with van der Waals surface area (Å²) in [5.41, 5.74) is 22.2. The molecule has 3 atom stereocenters.